The second kappa shape index (κ2) is 14.8. The van der Waals surface area contributed by atoms with Crippen molar-refractivity contribution in [3.63, 3.8) is 0 Å². The van der Waals surface area contributed by atoms with Crippen molar-refractivity contribution in [3.8, 4) is 0 Å². The van der Waals surface area contributed by atoms with Crippen LogP contribution in [0.1, 0.15) is 16.7 Å². The molecule has 0 spiro atoms. The molecule has 0 aliphatic heterocycles. The fourth-order valence-corrected chi connectivity index (χ4v) is 4.91. The minimum Gasteiger partial charge on any atom is -0.383 e. The first-order chi connectivity index (χ1) is 18.7. The van der Waals surface area contributed by atoms with E-state index in [0.29, 0.717) is 11.6 Å². The van der Waals surface area contributed by atoms with Crippen LogP contribution >= 0.6 is 11.6 Å². The largest absolute Gasteiger partial charge is 0.383 e. The van der Waals surface area contributed by atoms with Crippen LogP contribution in [-0.4, -0.2) is 68.5 Å². The molecule has 0 radical (unpaired) electrons. The lowest BCUT2D eigenvalue weighted by molar-refractivity contribution is -0.141. The predicted octanol–water partition coefficient (Wildman–Crippen LogP) is 3.50. The number of nitrogens with one attached hydrogen (secondary N) is 1. The molecule has 8 nitrogen and oxygen atoms in total. The van der Waals surface area contributed by atoms with Crippen molar-refractivity contribution in [1.29, 1.82) is 0 Å². The Kier molecular flexibility index (Phi) is 11.5. The Morgan fingerprint density at radius 3 is 2.00 bits per heavy atom. The highest BCUT2D eigenvalue weighted by Crippen LogP contribution is 2.18. The number of halogens is 1. The molecule has 39 heavy (non-hydrogen) atoms. The van der Waals surface area contributed by atoms with E-state index in [-0.39, 0.29) is 32.0 Å². The van der Waals surface area contributed by atoms with Crippen LogP contribution in [0.2, 0.25) is 5.02 Å². The van der Waals surface area contributed by atoms with Gasteiger partial charge in [-0.2, -0.15) is 4.31 Å². The molecule has 0 bridgehead atoms. The normalized spacial score (nSPS) is 12.2. The molecular weight excluding hydrogens is 538 g/mol. The number of rotatable bonds is 14. The van der Waals surface area contributed by atoms with Crippen LogP contribution < -0.4 is 5.32 Å². The van der Waals surface area contributed by atoms with Crippen molar-refractivity contribution >= 4 is 33.4 Å². The Morgan fingerprint density at radius 2 is 1.44 bits per heavy atom. The summed E-state index contributed by atoms with van der Waals surface area (Å²) in [5, 5.41) is 3.39. The smallest absolute Gasteiger partial charge is 0.243 e. The number of nitrogens with zero attached hydrogens (tertiary/aromatic N) is 2. The van der Waals surface area contributed by atoms with E-state index in [1.165, 1.54) is 12.0 Å². The summed E-state index contributed by atoms with van der Waals surface area (Å²) in [5.74, 6) is -0.846. The Labute approximate surface area is 235 Å². The van der Waals surface area contributed by atoms with E-state index in [9.17, 15) is 18.0 Å². The summed E-state index contributed by atoms with van der Waals surface area (Å²) in [6, 6.07) is 24.5. The highest BCUT2D eigenvalue weighted by atomic mass is 35.5. The van der Waals surface area contributed by atoms with Gasteiger partial charge in [0.1, 0.15) is 6.04 Å². The van der Waals surface area contributed by atoms with Gasteiger partial charge in [-0.05, 0) is 28.8 Å². The molecule has 1 N–H and O–H groups in total. The van der Waals surface area contributed by atoms with Crippen LogP contribution in [0.25, 0.3) is 0 Å². The van der Waals surface area contributed by atoms with E-state index in [1.54, 1.807) is 36.4 Å². The Morgan fingerprint density at radius 1 is 0.872 bits per heavy atom. The zero-order valence-corrected chi connectivity index (χ0v) is 23.7. The van der Waals surface area contributed by atoms with Gasteiger partial charge in [0, 0.05) is 38.2 Å². The van der Waals surface area contributed by atoms with Crippen LogP contribution in [-0.2, 0) is 43.9 Å². The van der Waals surface area contributed by atoms with Crippen LogP contribution in [0.4, 0.5) is 0 Å². The van der Waals surface area contributed by atoms with Gasteiger partial charge in [0.25, 0.3) is 0 Å². The lowest BCUT2D eigenvalue weighted by atomic mass is 10.0. The maximum atomic E-state index is 13.9. The van der Waals surface area contributed by atoms with Gasteiger partial charge >= 0.3 is 0 Å². The number of carbonyl (C=O) groups is 2. The molecule has 3 aromatic rings. The molecule has 208 valence electrons. The molecule has 0 saturated carbocycles. The van der Waals surface area contributed by atoms with Crippen molar-refractivity contribution in [3.05, 3.63) is 107 Å². The summed E-state index contributed by atoms with van der Waals surface area (Å²) in [6.45, 7) is 0.288. The number of methoxy groups -OCH3 is 1. The van der Waals surface area contributed by atoms with Crippen molar-refractivity contribution in [2.75, 3.05) is 33.1 Å². The lowest BCUT2D eigenvalue weighted by Crippen LogP contribution is -2.53. The quantitative estimate of drug-likeness (QED) is 0.299. The second-order valence-electron chi connectivity index (χ2n) is 9.15. The predicted molar refractivity (Wildman–Crippen MR) is 153 cm³/mol. The van der Waals surface area contributed by atoms with Gasteiger partial charge in [0.05, 0.1) is 19.4 Å². The van der Waals surface area contributed by atoms with E-state index < -0.39 is 28.5 Å². The molecule has 2 amide bonds. The van der Waals surface area contributed by atoms with E-state index >= 15 is 0 Å². The van der Waals surface area contributed by atoms with Gasteiger partial charge in [-0.3, -0.25) is 9.59 Å². The molecule has 0 saturated heterocycles. The molecule has 0 unspecified atom stereocenters. The van der Waals surface area contributed by atoms with Gasteiger partial charge in [0.2, 0.25) is 21.8 Å². The van der Waals surface area contributed by atoms with Crippen molar-refractivity contribution in [2.45, 2.75) is 25.6 Å². The molecule has 1 atom stereocenters. The number of carbonyl (C=O) groups excluding carboxylic acids is 2. The Hall–Kier alpha value is -3.24. The zero-order valence-electron chi connectivity index (χ0n) is 22.1. The Bertz CT molecular complexity index is 1310. The van der Waals surface area contributed by atoms with Crippen LogP contribution in [0.3, 0.4) is 0 Å². The third-order valence-corrected chi connectivity index (χ3v) is 7.57. The van der Waals surface area contributed by atoms with E-state index in [1.807, 2.05) is 48.5 Å². The van der Waals surface area contributed by atoms with Crippen LogP contribution in [0.15, 0.2) is 84.9 Å². The number of hydrogen-bond donors (Lipinski definition) is 1. The van der Waals surface area contributed by atoms with Crippen LogP contribution in [0, 0.1) is 0 Å². The third kappa shape index (κ3) is 9.78. The maximum absolute atomic E-state index is 13.9. The maximum Gasteiger partial charge on any atom is 0.243 e. The summed E-state index contributed by atoms with van der Waals surface area (Å²) < 4.78 is 31.6. The highest BCUT2D eigenvalue weighted by molar-refractivity contribution is 7.88. The molecule has 10 heteroatoms. The van der Waals surface area contributed by atoms with Crippen molar-refractivity contribution in [1.82, 2.24) is 14.5 Å². The molecule has 0 aliphatic rings. The molecule has 0 aromatic heterocycles. The third-order valence-electron chi connectivity index (χ3n) is 6.13. The van der Waals surface area contributed by atoms with Crippen LogP contribution in [0.5, 0.6) is 0 Å². The summed E-state index contributed by atoms with van der Waals surface area (Å²) in [7, 11) is -2.20. The number of ether oxygens (including phenoxy) is 1. The summed E-state index contributed by atoms with van der Waals surface area (Å²) in [6.07, 6.45) is 1.32. The topological polar surface area (TPSA) is 96.0 Å². The standard InChI is InChI=1S/C29H34ClN3O5S/c1-38-18-17-31-29(35)27(19-23-9-5-3-6-10-23)33(21-25-13-15-26(30)16-14-25)28(34)22-32(39(2,36)37)20-24-11-7-4-8-12-24/h3-16,27H,17-22H2,1-2H3,(H,31,35)/t27-/m1/s1. The van der Waals surface area contributed by atoms with Gasteiger partial charge < -0.3 is 15.0 Å². The number of benzene rings is 3. The van der Waals surface area contributed by atoms with E-state index in [4.69, 9.17) is 16.3 Å². The van der Waals surface area contributed by atoms with Crippen molar-refractivity contribution < 1.29 is 22.7 Å². The molecule has 0 heterocycles. The summed E-state index contributed by atoms with van der Waals surface area (Å²) in [5.41, 5.74) is 2.37. The second-order valence-corrected chi connectivity index (χ2v) is 11.6. The minimum absolute atomic E-state index is 0.0313. The van der Waals surface area contributed by atoms with Gasteiger partial charge in [-0.15, -0.1) is 0 Å². The zero-order chi connectivity index (χ0) is 28.3. The van der Waals surface area contributed by atoms with Gasteiger partial charge in [0.15, 0.2) is 0 Å². The average molecular weight is 572 g/mol. The number of amides is 2. The monoisotopic (exact) mass is 571 g/mol. The minimum atomic E-state index is -3.74. The molecular formula is C29H34ClN3O5S. The molecule has 3 aromatic carbocycles. The average Bonchev–Trinajstić information content (AvgIpc) is 2.92. The number of sulfonamides is 1. The Balaban J connectivity index is 1.97. The SMILES string of the molecule is COCCNC(=O)[C@@H](Cc1ccccc1)N(Cc1ccc(Cl)cc1)C(=O)CN(Cc1ccccc1)S(C)(=O)=O. The fraction of sp³-hybridized carbons (Fsp3) is 0.310. The summed E-state index contributed by atoms with van der Waals surface area (Å²) in [4.78, 5) is 28.8. The van der Waals surface area contributed by atoms with E-state index in [2.05, 4.69) is 5.32 Å². The molecule has 3 rings (SSSR count). The first-order valence-corrected chi connectivity index (χ1v) is 14.7. The van der Waals surface area contributed by atoms with Gasteiger partial charge in [-0.25, -0.2) is 8.42 Å². The summed E-state index contributed by atoms with van der Waals surface area (Å²) >= 11 is 6.07. The number of hydrogen-bond acceptors (Lipinski definition) is 5. The van der Waals surface area contributed by atoms with Gasteiger partial charge in [-0.1, -0.05) is 84.4 Å². The highest BCUT2D eigenvalue weighted by Gasteiger charge is 2.32. The lowest BCUT2D eigenvalue weighted by Gasteiger charge is -2.33. The molecule has 0 aliphatic carbocycles. The van der Waals surface area contributed by atoms with Crippen molar-refractivity contribution in [2.24, 2.45) is 0 Å². The first-order valence-electron chi connectivity index (χ1n) is 12.5. The first kappa shape index (κ1) is 30.3. The van der Waals surface area contributed by atoms with E-state index in [0.717, 1.165) is 27.3 Å². The molecule has 0 fully saturated rings. The fourth-order valence-electron chi connectivity index (χ4n) is 4.05.